The van der Waals surface area contributed by atoms with Crippen molar-refractivity contribution in [1.29, 1.82) is 0 Å². The fourth-order valence-electron chi connectivity index (χ4n) is 1.69. The predicted octanol–water partition coefficient (Wildman–Crippen LogP) is 3.25. The highest BCUT2D eigenvalue weighted by Gasteiger charge is 2.25. The highest BCUT2D eigenvalue weighted by molar-refractivity contribution is 7.94. The van der Waals surface area contributed by atoms with Gasteiger partial charge in [0.25, 0.3) is 0 Å². The summed E-state index contributed by atoms with van der Waals surface area (Å²) in [4.78, 5) is 0.445. The fourth-order valence-corrected chi connectivity index (χ4v) is 3.07. The maximum Gasteiger partial charge on any atom is 0.171 e. The van der Waals surface area contributed by atoms with E-state index in [9.17, 15) is 8.42 Å². The normalized spacial score (nSPS) is 19.1. The van der Waals surface area contributed by atoms with E-state index in [0.717, 1.165) is 12.0 Å². The van der Waals surface area contributed by atoms with Crippen LogP contribution in [0.4, 0.5) is 0 Å². The van der Waals surface area contributed by atoms with E-state index in [2.05, 4.69) is 20.8 Å². The molecule has 0 radical (unpaired) electrons. The van der Waals surface area contributed by atoms with E-state index in [4.69, 9.17) is 11.6 Å². The summed E-state index contributed by atoms with van der Waals surface area (Å²) in [6, 6.07) is 0. The molecule has 86 valence electrons. The summed E-state index contributed by atoms with van der Waals surface area (Å²) in [5.74, 6) is 0. The zero-order chi connectivity index (χ0) is 11.9. The van der Waals surface area contributed by atoms with Crippen LogP contribution in [0.15, 0.2) is 21.6 Å². The van der Waals surface area contributed by atoms with E-state index in [-0.39, 0.29) is 5.41 Å². The second kappa shape index (κ2) is 3.95. The van der Waals surface area contributed by atoms with Gasteiger partial charge < -0.3 is 0 Å². The van der Waals surface area contributed by atoms with Crippen LogP contribution in [0.3, 0.4) is 0 Å². The molecule has 0 saturated carbocycles. The molecule has 1 aliphatic carbocycles. The van der Waals surface area contributed by atoms with Crippen LogP contribution in [-0.4, -0.2) is 14.7 Å². The average Bonchev–Trinajstić information content (AvgIpc) is 1.99. The van der Waals surface area contributed by atoms with Gasteiger partial charge in [-0.3, -0.25) is 0 Å². The van der Waals surface area contributed by atoms with Gasteiger partial charge in [0.05, 0.1) is 0 Å². The van der Waals surface area contributed by atoms with Crippen molar-refractivity contribution in [3.8, 4) is 0 Å². The minimum Gasteiger partial charge on any atom is -0.224 e. The smallest absolute Gasteiger partial charge is 0.171 e. The SMILES string of the molecule is CC(C)(C)C1=C(Cl)C=C(S(C)(=O)=O)CC1. The van der Waals surface area contributed by atoms with Crippen LogP contribution in [0.1, 0.15) is 33.6 Å². The second-order valence-electron chi connectivity index (χ2n) is 4.96. The lowest BCUT2D eigenvalue weighted by Crippen LogP contribution is -2.15. The van der Waals surface area contributed by atoms with Gasteiger partial charge in [-0.05, 0) is 29.9 Å². The first-order chi connectivity index (χ1) is 6.62. The Hall–Kier alpha value is -0.280. The zero-order valence-electron chi connectivity index (χ0n) is 9.59. The van der Waals surface area contributed by atoms with Gasteiger partial charge in [0.15, 0.2) is 9.84 Å². The molecule has 0 spiro atoms. The minimum absolute atomic E-state index is 0.0105. The molecule has 0 fully saturated rings. The average molecular weight is 249 g/mol. The van der Waals surface area contributed by atoms with Gasteiger partial charge >= 0.3 is 0 Å². The summed E-state index contributed by atoms with van der Waals surface area (Å²) in [5.41, 5.74) is 1.15. The Bertz CT molecular complexity index is 422. The molecule has 1 aliphatic rings. The molecular weight excluding hydrogens is 232 g/mol. The molecule has 0 atom stereocenters. The first-order valence-corrected chi connectivity index (χ1v) is 7.19. The summed E-state index contributed by atoms with van der Waals surface area (Å²) < 4.78 is 22.7. The van der Waals surface area contributed by atoms with Gasteiger partial charge in [-0.15, -0.1) is 0 Å². The molecule has 0 N–H and O–H groups in total. The van der Waals surface area contributed by atoms with Gasteiger partial charge in [-0.2, -0.15) is 0 Å². The van der Waals surface area contributed by atoms with Crippen LogP contribution >= 0.6 is 11.6 Å². The highest BCUT2D eigenvalue weighted by Crippen LogP contribution is 2.38. The molecule has 0 aromatic carbocycles. The molecule has 0 aromatic heterocycles. The number of rotatable bonds is 1. The molecule has 0 aromatic rings. The summed E-state index contributed by atoms with van der Waals surface area (Å²) in [7, 11) is -3.09. The fraction of sp³-hybridized carbons (Fsp3) is 0.636. The van der Waals surface area contributed by atoms with Crippen molar-refractivity contribution in [2.24, 2.45) is 5.41 Å². The van der Waals surface area contributed by atoms with E-state index in [1.54, 1.807) is 6.08 Å². The molecule has 0 amide bonds. The Morgan fingerprint density at radius 2 is 1.80 bits per heavy atom. The van der Waals surface area contributed by atoms with E-state index in [0.29, 0.717) is 16.4 Å². The van der Waals surface area contributed by atoms with Crippen molar-refractivity contribution in [2.45, 2.75) is 33.6 Å². The molecule has 1 rings (SSSR count). The summed E-state index contributed by atoms with van der Waals surface area (Å²) in [5, 5.41) is 0.592. The number of halogens is 1. The molecule has 0 unspecified atom stereocenters. The van der Waals surface area contributed by atoms with E-state index in [1.165, 1.54) is 6.26 Å². The number of hydrogen-bond donors (Lipinski definition) is 0. The molecule has 0 heterocycles. The van der Waals surface area contributed by atoms with Gasteiger partial charge in [-0.25, -0.2) is 8.42 Å². The Morgan fingerprint density at radius 3 is 2.13 bits per heavy atom. The van der Waals surface area contributed by atoms with Crippen LogP contribution in [0.25, 0.3) is 0 Å². The Labute approximate surface area is 96.9 Å². The van der Waals surface area contributed by atoms with Crippen molar-refractivity contribution in [1.82, 2.24) is 0 Å². The van der Waals surface area contributed by atoms with Crippen molar-refractivity contribution in [3.05, 3.63) is 21.6 Å². The topological polar surface area (TPSA) is 34.1 Å². The van der Waals surface area contributed by atoms with Crippen LogP contribution in [-0.2, 0) is 9.84 Å². The van der Waals surface area contributed by atoms with Gasteiger partial charge in [0, 0.05) is 16.2 Å². The molecular formula is C11H17ClO2S. The zero-order valence-corrected chi connectivity index (χ0v) is 11.2. The quantitative estimate of drug-likeness (QED) is 0.714. The predicted molar refractivity (Wildman–Crippen MR) is 64.5 cm³/mol. The largest absolute Gasteiger partial charge is 0.224 e. The summed E-state index contributed by atoms with van der Waals surface area (Å²) in [6.45, 7) is 6.26. The number of hydrogen-bond acceptors (Lipinski definition) is 2. The first-order valence-electron chi connectivity index (χ1n) is 4.92. The number of allylic oxidation sites excluding steroid dienone is 4. The van der Waals surface area contributed by atoms with Crippen molar-refractivity contribution >= 4 is 21.4 Å². The Morgan fingerprint density at radius 1 is 1.27 bits per heavy atom. The Kier molecular flexibility index (Phi) is 3.36. The van der Waals surface area contributed by atoms with Crippen LogP contribution < -0.4 is 0 Å². The Balaban J connectivity index is 3.16. The third-order valence-corrected chi connectivity index (χ3v) is 4.19. The maximum absolute atomic E-state index is 11.3. The number of sulfone groups is 1. The lowest BCUT2D eigenvalue weighted by molar-refractivity contribution is 0.478. The molecule has 2 nitrogen and oxygen atoms in total. The third kappa shape index (κ3) is 3.08. The minimum atomic E-state index is -3.09. The van der Waals surface area contributed by atoms with E-state index in [1.807, 2.05) is 0 Å². The maximum atomic E-state index is 11.3. The molecule has 15 heavy (non-hydrogen) atoms. The summed E-state index contributed by atoms with van der Waals surface area (Å²) in [6.07, 6.45) is 4.13. The van der Waals surface area contributed by atoms with E-state index < -0.39 is 9.84 Å². The molecule has 0 saturated heterocycles. The lowest BCUT2D eigenvalue weighted by atomic mass is 9.82. The summed E-state index contributed by atoms with van der Waals surface area (Å²) >= 11 is 6.11. The molecule has 4 heteroatoms. The standard InChI is InChI=1S/C11H17ClO2S/c1-11(2,3)9-6-5-8(7-10(9)12)15(4,13)14/h7H,5-6H2,1-4H3. The third-order valence-electron chi connectivity index (χ3n) is 2.58. The van der Waals surface area contributed by atoms with Gasteiger partial charge in [0.2, 0.25) is 0 Å². The van der Waals surface area contributed by atoms with Crippen LogP contribution in [0.5, 0.6) is 0 Å². The highest BCUT2D eigenvalue weighted by atomic mass is 35.5. The first kappa shape index (κ1) is 12.8. The molecule has 0 bridgehead atoms. The van der Waals surface area contributed by atoms with Crippen LogP contribution in [0.2, 0.25) is 0 Å². The molecule has 0 aliphatic heterocycles. The van der Waals surface area contributed by atoms with Crippen molar-refractivity contribution in [3.63, 3.8) is 0 Å². The van der Waals surface area contributed by atoms with Crippen LogP contribution in [0, 0.1) is 5.41 Å². The van der Waals surface area contributed by atoms with Gasteiger partial charge in [-0.1, -0.05) is 32.4 Å². The monoisotopic (exact) mass is 248 g/mol. The lowest BCUT2D eigenvalue weighted by Gasteiger charge is -2.27. The van der Waals surface area contributed by atoms with E-state index >= 15 is 0 Å². The van der Waals surface area contributed by atoms with Crippen molar-refractivity contribution < 1.29 is 8.42 Å². The van der Waals surface area contributed by atoms with Crippen molar-refractivity contribution in [2.75, 3.05) is 6.26 Å². The van der Waals surface area contributed by atoms with Gasteiger partial charge in [0.1, 0.15) is 0 Å². The second-order valence-corrected chi connectivity index (χ2v) is 7.44.